The van der Waals surface area contributed by atoms with E-state index in [0.29, 0.717) is 25.1 Å². The number of amides is 3. The first kappa shape index (κ1) is 32.3. The highest BCUT2D eigenvalue weighted by Crippen LogP contribution is 2.00. The third-order valence-electron chi connectivity index (χ3n) is 5.34. The second-order valence-corrected chi connectivity index (χ2v) is 8.68. The predicted molar refractivity (Wildman–Crippen MR) is 155 cm³/mol. The molecule has 0 aliphatic heterocycles. The smallest absolute Gasteiger partial charge is 0.253 e. The SMILES string of the molecule is CCC=CCC=CCC=CCC=CCC=CCCCC(=O)NCCNC(=O)C(C)NC(=O)c1cccnc1. The van der Waals surface area contributed by atoms with Crippen molar-refractivity contribution in [1.82, 2.24) is 20.9 Å². The van der Waals surface area contributed by atoms with Crippen LogP contribution in [0.3, 0.4) is 0 Å². The maximum absolute atomic E-state index is 12.1. The Balaban J connectivity index is 2.01. The lowest BCUT2D eigenvalue weighted by Crippen LogP contribution is -2.46. The van der Waals surface area contributed by atoms with Gasteiger partial charge in [0.05, 0.1) is 5.56 Å². The van der Waals surface area contributed by atoms with Crippen LogP contribution in [-0.2, 0) is 9.59 Å². The van der Waals surface area contributed by atoms with Crippen LogP contribution in [0.15, 0.2) is 85.3 Å². The van der Waals surface area contributed by atoms with Gasteiger partial charge in [0.1, 0.15) is 6.04 Å². The van der Waals surface area contributed by atoms with Gasteiger partial charge in [0.25, 0.3) is 5.91 Å². The van der Waals surface area contributed by atoms with Crippen molar-refractivity contribution in [2.45, 2.75) is 71.3 Å². The van der Waals surface area contributed by atoms with Gasteiger partial charge in [-0.15, -0.1) is 0 Å². The van der Waals surface area contributed by atoms with E-state index in [1.807, 2.05) is 0 Å². The normalized spacial score (nSPS) is 12.7. The first-order valence-corrected chi connectivity index (χ1v) is 13.5. The number of carbonyl (C=O) groups is 3. The minimum atomic E-state index is -0.693. The highest BCUT2D eigenvalue weighted by Gasteiger charge is 2.16. The van der Waals surface area contributed by atoms with Crippen LogP contribution in [0.2, 0.25) is 0 Å². The van der Waals surface area contributed by atoms with E-state index in [2.05, 4.69) is 88.6 Å². The maximum Gasteiger partial charge on any atom is 0.253 e. The zero-order valence-electron chi connectivity index (χ0n) is 22.9. The molecule has 0 aromatic carbocycles. The fraction of sp³-hybridized carbons (Fsp3) is 0.419. The highest BCUT2D eigenvalue weighted by atomic mass is 16.2. The average molecular weight is 521 g/mol. The van der Waals surface area contributed by atoms with Gasteiger partial charge >= 0.3 is 0 Å². The molecule has 3 N–H and O–H groups in total. The zero-order valence-corrected chi connectivity index (χ0v) is 22.9. The van der Waals surface area contributed by atoms with Gasteiger partial charge < -0.3 is 16.0 Å². The molecule has 1 unspecified atom stereocenters. The zero-order chi connectivity index (χ0) is 27.7. The monoisotopic (exact) mass is 520 g/mol. The van der Waals surface area contributed by atoms with Gasteiger partial charge in [-0.1, -0.05) is 67.7 Å². The van der Waals surface area contributed by atoms with E-state index in [-0.39, 0.29) is 17.7 Å². The molecule has 1 aromatic heterocycles. The summed E-state index contributed by atoms with van der Waals surface area (Å²) in [6.45, 7) is 4.39. The number of nitrogens with zero attached hydrogens (tertiary/aromatic N) is 1. The molecule has 0 spiro atoms. The van der Waals surface area contributed by atoms with Gasteiger partial charge in [0.2, 0.25) is 11.8 Å². The maximum atomic E-state index is 12.1. The number of pyridine rings is 1. The number of hydrogen-bond acceptors (Lipinski definition) is 4. The molecule has 0 saturated heterocycles. The van der Waals surface area contributed by atoms with Gasteiger partial charge in [-0.3, -0.25) is 19.4 Å². The summed E-state index contributed by atoms with van der Waals surface area (Å²) in [5.74, 6) is -0.707. The van der Waals surface area contributed by atoms with Crippen LogP contribution in [0.25, 0.3) is 0 Å². The molecule has 1 rings (SSSR count). The van der Waals surface area contributed by atoms with Crippen LogP contribution in [0.5, 0.6) is 0 Å². The van der Waals surface area contributed by atoms with Crippen molar-refractivity contribution in [1.29, 1.82) is 0 Å². The van der Waals surface area contributed by atoms with Crippen molar-refractivity contribution < 1.29 is 14.4 Å². The van der Waals surface area contributed by atoms with Crippen LogP contribution in [0.1, 0.15) is 75.6 Å². The van der Waals surface area contributed by atoms with Gasteiger partial charge in [0.15, 0.2) is 0 Å². The number of nitrogens with one attached hydrogen (secondary N) is 3. The molecular formula is C31H44N4O3. The number of allylic oxidation sites excluding steroid dienone is 10. The fourth-order valence-corrected chi connectivity index (χ4v) is 3.22. The van der Waals surface area contributed by atoms with Crippen LogP contribution >= 0.6 is 0 Å². The van der Waals surface area contributed by atoms with Crippen LogP contribution in [0, 0.1) is 0 Å². The van der Waals surface area contributed by atoms with E-state index < -0.39 is 6.04 Å². The Hall–Kier alpha value is -3.74. The van der Waals surface area contributed by atoms with E-state index in [9.17, 15) is 14.4 Å². The van der Waals surface area contributed by atoms with Crippen molar-refractivity contribution in [2.75, 3.05) is 13.1 Å². The molecule has 0 aliphatic carbocycles. The molecule has 38 heavy (non-hydrogen) atoms. The minimum Gasteiger partial charge on any atom is -0.354 e. The molecule has 0 aliphatic rings. The number of rotatable bonds is 19. The van der Waals surface area contributed by atoms with Gasteiger partial charge in [-0.05, 0) is 64.0 Å². The molecule has 206 valence electrons. The summed E-state index contributed by atoms with van der Waals surface area (Å²) >= 11 is 0. The fourth-order valence-electron chi connectivity index (χ4n) is 3.22. The molecule has 0 saturated carbocycles. The topological polar surface area (TPSA) is 100 Å². The largest absolute Gasteiger partial charge is 0.354 e. The Kier molecular flexibility index (Phi) is 19.1. The van der Waals surface area contributed by atoms with Crippen LogP contribution in [0.4, 0.5) is 0 Å². The number of carbonyl (C=O) groups excluding carboxylic acids is 3. The van der Waals surface area contributed by atoms with E-state index in [0.717, 1.165) is 44.9 Å². The van der Waals surface area contributed by atoms with E-state index >= 15 is 0 Å². The first-order chi connectivity index (χ1) is 18.5. The molecule has 7 heteroatoms. The number of aromatic nitrogens is 1. The Morgan fingerprint density at radius 2 is 1.42 bits per heavy atom. The molecule has 3 amide bonds. The Bertz CT molecular complexity index is 949. The molecule has 1 heterocycles. The first-order valence-electron chi connectivity index (χ1n) is 13.5. The second kappa shape index (κ2) is 22.5. The average Bonchev–Trinajstić information content (AvgIpc) is 2.93. The lowest BCUT2D eigenvalue weighted by molar-refractivity contribution is -0.123. The Morgan fingerprint density at radius 3 is 2.00 bits per heavy atom. The van der Waals surface area contributed by atoms with Gasteiger partial charge in [-0.2, -0.15) is 0 Å². The number of unbranched alkanes of at least 4 members (excludes halogenated alkanes) is 1. The van der Waals surface area contributed by atoms with Crippen molar-refractivity contribution in [2.24, 2.45) is 0 Å². The van der Waals surface area contributed by atoms with E-state index in [1.165, 1.54) is 6.20 Å². The Labute approximate surface area is 228 Å². The van der Waals surface area contributed by atoms with Crippen LogP contribution in [-0.4, -0.2) is 41.8 Å². The summed E-state index contributed by atoms with van der Waals surface area (Å²) in [5, 5.41) is 8.13. The molecule has 0 bridgehead atoms. The number of hydrogen-bond donors (Lipinski definition) is 3. The highest BCUT2D eigenvalue weighted by molar-refractivity contribution is 5.97. The lowest BCUT2D eigenvalue weighted by Gasteiger charge is -2.14. The molecule has 1 atom stereocenters. The standard InChI is InChI=1S/C31H44N4O3/c1-3-4-5-6-7-8-9-10-11-12-13-14-15-16-17-18-19-22-29(36)33-24-25-34-30(37)27(2)35-31(38)28-21-20-23-32-26-28/h4-5,7-8,10-11,13-14,16-17,20-21,23,26-27H,3,6,9,12,15,18-19,22,24-25H2,1-2H3,(H,33,36)(H,34,37)(H,35,38). The van der Waals surface area contributed by atoms with E-state index in [4.69, 9.17) is 0 Å². The third kappa shape index (κ3) is 17.7. The lowest BCUT2D eigenvalue weighted by atomic mass is 10.2. The van der Waals surface area contributed by atoms with Crippen molar-refractivity contribution in [3.63, 3.8) is 0 Å². The molecule has 1 aromatic rings. The molecular weight excluding hydrogens is 476 g/mol. The molecule has 0 radical (unpaired) electrons. The van der Waals surface area contributed by atoms with Gasteiger partial charge in [0, 0.05) is 31.9 Å². The summed E-state index contributed by atoms with van der Waals surface area (Å²) < 4.78 is 0. The third-order valence-corrected chi connectivity index (χ3v) is 5.34. The second-order valence-electron chi connectivity index (χ2n) is 8.68. The van der Waals surface area contributed by atoms with Crippen LogP contribution < -0.4 is 16.0 Å². The minimum absolute atomic E-state index is 0.0375. The summed E-state index contributed by atoms with van der Waals surface area (Å²) in [6, 6.07) is 2.59. The summed E-state index contributed by atoms with van der Waals surface area (Å²) in [5.41, 5.74) is 0.393. The predicted octanol–water partition coefficient (Wildman–Crippen LogP) is 5.35. The van der Waals surface area contributed by atoms with Crippen molar-refractivity contribution in [3.05, 3.63) is 90.9 Å². The summed E-state index contributed by atoms with van der Waals surface area (Å²) in [6.07, 6.45) is 31.7. The summed E-state index contributed by atoms with van der Waals surface area (Å²) in [4.78, 5) is 40.0. The summed E-state index contributed by atoms with van der Waals surface area (Å²) in [7, 11) is 0. The molecule has 7 nitrogen and oxygen atoms in total. The van der Waals surface area contributed by atoms with Crippen molar-refractivity contribution in [3.8, 4) is 0 Å². The molecule has 0 fully saturated rings. The van der Waals surface area contributed by atoms with Gasteiger partial charge in [-0.25, -0.2) is 0 Å². The van der Waals surface area contributed by atoms with Crippen molar-refractivity contribution >= 4 is 17.7 Å². The van der Waals surface area contributed by atoms with E-state index in [1.54, 1.807) is 25.3 Å². The Morgan fingerprint density at radius 1 is 0.842 bits per heavy atom. The quantitative estimate of drug-likeness (QED) is 0.169.